The van der Waals surface area contributed by atoms with E-state index >= 15 is 0 Å². The second kappa shape index (κ2) is 5.88. The lowest BCUT2D eigenvalue weighted by Gasteiger charge is -2.25. The zero-order chi connectivity index (χ0) is 13.8. The van der Waals surface area contributed by atoms with Crippen molar-refractivity contribution in [2.24, 2.45) is 0 Å². The smallest absolute Gasteiger partial charge is 0.455 e. The van der Waals surface area contributed by atoms with E-state index in [-0.39, 0.29) is 0 Å². The van der Waals surface area contributed by atoms with Gasteiger partial charge in [-0.3, -0.25) is 4.79 Å². The van der Waals surface area contributed by atoms with Crippen molar-refractivity contribution in [2.75, 3.05) is 20.2 Å². The molecule has 1 heterocycles. The van der Waals surface area contributed by atoms with Gasteiger partial charge in [-0.25, -0.2) is 4.79 Å². The Balaban J connectivity index is 2.93. The SMILES string of the molecule is COC(=O)C(=CN1CCCCC1)C(=O)C(F)(F)F. The molecule has 0 unspecified atom stereocenters. The van der Waals surface area contributed by atoms with Crippen molar-refractivity contribution < 1.29 is 27.5 Å². The molecule has 0 radical (unpaired) electrons. The summed E-state index contributed by atoms with van der Waals surface area (Å²) in [6, 6.07) is 0. The summed E-state index contributed by atoms with van der Waals surface area (Å²) in [6.45, 7) is 1.07. The maximum Gasteiger partial charge on any atom is 0.455 e. The number of Topliss-reactive ketones (excluding diaryl/α,β-unsaturated/α-hetero) is 1. The highest BCUT2D eigenvalue weighted by Gasteiger charge is 2.43. The maximum atomic E-state index is 12.3. The van der Waals surface area contributed by atoms with Gasteiger partial charge >= 0.3 is 12.1 Å². The molecule has 0 N–H and O–H groups in total. The van der Waals surface area contributed by atoms with Crippen molar-refractivity contribution in [3.05, 3.63) is 11.8 Å². The van der Waals surface area contributed by atoms with Crippen LogP contribution in [-0.2, 0) is 14.3 Å². The van der Waals surface area contributed by atoms with E-state index in [9.17, 15) is 22.8 Å². The molecule has 4 nitrogen and oxygen atoms in total. The number of nitrogens with zero attached hydrogens (tertiary/aromatic N) is 1. The third-order valence-corrected chi connectivity index (χ3v) is 2.61. The molecule has 7 heteroatoms. The van der Waals surface area contributed by atoms with Crippen LogP contribution in [0.25, 0.3) is 0 Å². The number of ether oxygens (including phenoxy) is 1. The number of hydrogen-bond donors (Lipinski definition) is 0. The topological polar surface area (TPSA) is 46.6 Å². The summed E-state index contributed by atoms with van der Waals surface area (Å²) in [7, 11) is 0.941. The first-order valence-corrected chi connectivity index (χ1v) is 5.52. The number of halogens is 3. The van der Waals surface area contributed by atoms with Gasteiger partial charge in [0.05, 0.1) is 7.11 Å². The van der Waals surface area contributed by atoms with E-state index in [0.29, 0.717) is 13.1 Å². The fraction of sp³-hybridized carbons (Fsp3) is 0.636. The Bertz CT molecular complexity index is 357. The van der Waals surface area contributed by atoms with Crippen molar-refractivity contribution in [2.45, 2.75) is 25.4 Å². The number of likely N-dealkylation sites (tertiary alicyclic amines) is 1. The van der Waals surface area contributed by atoms with Crippen LogP contribution in [0.5, 0.6) is 0 Å². The quantitative estimate of drug-likeness (QED) is 0.337. The third-order valence-electron chi connectivity index (χ3n) is 2.61. The molecule has 18 heavy (non-hydrogen) atoms. The Kier molecular flexibility index (Phi) is 4.75. The fourth-order valence-electron chi connectivity index (χ4n) is 1.70. The van der Waals surface area contributed by atoms with Crippen LogP contribution in [-0.4, -0.2) is 43.0 Å². The Morgan fingerprint density at radius 1 is 1.17 bits per heavy atom. The van der Waals surface area contributed by atoms with Crippen molar-refractivity contribution in [3.63, 3.8) is 0 Å². The van der Waals surface area contributed by atoms with Crippen LogP contribution in [0.15, 0.2) is 11.8 Å². The van der Waals surface area contributed by atoms with Crippen LogP contribution < -0.4 is 0 Å². The van der Waals surface area contributed by atoms with Gasteiger partial charge in [0.1, 0.15) is 5.57 Å². The molecule has 1 fully saturated rings. The van der Waals surface area contributed by atoms with Gasteiger partial charge < -0.3 is 9.64 Å². The number of alkyl halides is 3. The standard InChI is InChI=1S/C11H14F3NO3/c1-18-10(17)8(9(16)11(12,13)14)7-15-5-3-2-4-6-15/h7H,2-6H2,1H3. The van der Waals surface area contributed by atoms with Crippen molar-refractivity contribution >= 4 is 11.8 Å². The van der Waals surface area contributed by atoms with Crippen molar-refractivity contribution in [3.8, 4) is 0 Å². The molecule has 0 atom stereocenters. The minimum absolute atomic E-state index is 0.533. The minimum atomic E-state index is -5.07. The van der Waals surface area contributed by atoms with Gasteiger partial charge in [-0.05, 0) is 19.3 Å². The number of carbonyl (C=O) groups excluding carboxylic acids is 2. The Hall–Kier alpha value is -1.53. The first kappa shape index (κ1) is 14.5. The van der Waals surface area contributed by atoms with Gasteiger partial charge in [0.2, 0.25) is 0 Å². The molecule has 0 saturated carbocycles. The summed E-state index contributed by atoms with van der Waals surface area (Å²) >= 11 is 0. The van der Waals surface area contributed by atoms with E-state index in [4.69, 9.17) is 0 Å². The summed E-state index contributed by atoms with van der Waals surface area (Å²) < 4.78 is 41.2. The van der Waals surface area contributed by atoms with Crippen LogP contribution in [0.3, 0.4) is 0 Å². The molecule has 0 aromatic heterocycles. The molecule has 1 aliphatic rings. The predicted molar refractivity (Wildman–Crippen MR) is 56.6 cm³/mol. The van der Waals surface area contributed by atoms with Gasteiger partial charge in [0, 0.05) is 19.3 Å². The van der Waals surface area contributed by atoms with E-state index in [0.717, 1.165) is 32.6 Å². The molecule has 0 aromatic carbocycles. The molecule has 0 aromatic rings. The Morgan fingerprint density at radius 2 is 1.72 bits per heavy atom. The molecule has 0 aliphatic carbocycles. The van der Waals surface area contributed by atoms with Gasteiger partial charge in [-0.15, -0.1) is 0 Å². The number of ketones is 1. The van der Waals surface area contributed by atoms with Crippen LogP contribution in [0.4, 0.5) is 13.2 Å². The molecule has 1 rings (SSSR count). The predicted octanol–water partition coefficient (Wildman–Crippen LogP) is 1.66. The van der Waals surface area contributed by atoms with Gasteiger partial charge in [-0.2, -0.15) is 13.2 Å². The summed E-state index contributed by atoms with van der Waals surface area (Å²) in [5.74, 6) is -3.43. The second-order valence-corrected chi connectivity index (χ2v) is 3.96. The van der Waals surface area contributed by atoms with Gasteiger partial charge in [0.15, 0.2) is 0 Å². The fourth-order valence-corrected chi connectivity index (χ4v) is 1.70. The molecule has 0 spiro atoms. The number of esters is 1. The minimum Gasteiger partial charge on any atom is -0.465 e. The van der Waals surface area contributed by atoms with Crippen LogP contribution >= 0.6 is 0 Å². The number of carbonyl (C=O) groups is 2. The second-order valence-electron chi connectivity index (χ2n) is 3.96. The lowest BCUT2D eigenvalue weighted by molar-refractivity contribution is -0.168. The van der Waals surface area contributed by atoms with E-state index in [1.54, 1.807) is 4.90 Å². The van der Waals surface area contributed by atoms with Crippen molar-refractivity contribution in [1.29, 1.82) is 0 Å². The lowest BCUT2D eigenvalue weighted by atomic mass is 10.1. The Morgan fingerprint density at radius 3 is 2.17 bits per heavy atom. The molecule has 1 aliphatic heterocycles. The summed E-state index contributed by atoms with van der Waals surface area (Å²) in [6.07, 6.45) is -1.47. The highest BCUT2D eigenvalue weighted by molar-refractivity contribution is 6.19. The highest BCUT2D eigenvalue weighted by Crippen LogP contribution is 2.22. The summed E-state index contributed by atoms with van der Waals surface area (Å²) in [4.78, 5) is 23.9. The van der Waals surface area contributed by atoms with E-state index in [1.807, 2.05) is 0 Å². The molecule has 1 saturated heterocycles. The highest BCUT2D eigenvalue weighted by atomic mass is 19.4. The average molecular weight is 265 g/mol. The molecular formula is C11H14F3NO3. The zero-order valence-electron chi connectivity index (χ0n) is 9.92. The first-order valence-electron chi connectivity index (χ1n) is 5.52. The van der Waals surface area contributed by atoms with E-state index < -0.39 is 23.5 Å². The molecular weight excluding hydrogens is 251 g/mol. The summed E-state index contributed by atoms with van der Waals surface area (Å²) in [5, 5.41) is 0. The number of rotatable bonds is 3. The van der Waals surface area contributed by atoms with Crippen LogP contribution in [0, 0.1) is 0 Å². The Labute approximate surface area is 102 Å². The number of methoxy groups -OCH3 is 1. The molecule has 0 bridgehead atoms. The average Bonchev–Trinajstić information content (AvgIpc) is 2.34. The molecule has 0 amide bonds. The third kappa shape index (κ3) is 3.75. The van der Waals surface area contributed by atoms with E-state index in [1.165, 1.54) is 0 Å². The normalized spacial score (nSPS) is 17.6. The zero-order valence-corrected chi connectivity index (χ0v) is 9.92. The summed E-state index contributed by atoms with van der Waals surface area (Å²) in [5.41, 5.74) is -0.966. The number of piperidine rings is 1. The van der Waals surface area contributed by atoms with Gasteiger partial charge in [0.25, 0.3) is 5.78 Å². The number of hydrogen-bond acceptors (Lipinski definition) is 4. The lowest BCUT2D eigenvalue weighted by Crippen LogP contribution is -2.32. The first-order chi connectivity index (χ1) is 8.36. The largest absolute Gasteiger partial charge is 0.465 e. The van der Waals surface area contributed by atoms with Crippen molar-refractivity contribution in [1.82, 2.24) is 4.90 Å². The monoisotopic (exact) mass is 265 g/mol. The van der Waals surface area contributed by atoms with Crippen LogP contribution in [0.2, 0.25) is 0 Å². The van der Waals surface area contributed by atoms with Gasteiger partial charge in [-0.1, -0.05) is 0 Å². The maximum absolute atomic E-state index is 12.3. The van der Waals surface area contributed by atoms with Crippen LogP contribution in [0.1, 0.15) is 19.3 Å². The van der Waals surface area contributed by atoms with E-state index in [2.05, 4.69) is 4.74 Å². The molecule has 102 valence electrons.